The lowest BCUT2D eigenvalue weighted by molar-refractivity contribution is -0.116. The molecule has 1 aromatic carbocycles. The number of rotatable bonds is 6. The fourth-order valence-corrected chi connectivity index (χ4v) is 5.96. The molecule has 3 rings (SSSR count). The molecule has 2 aromatic rings. The summed E-state index contributed by atoms with van der Waals surface area (Å²) < 4.78 is 0.454. The van der Waals surface area contributed by atoms with E-state index in [0.29, 0.717) is 16.7 Å². The molecule has 0 atom stereocenters. The van der Waals surface area contributed by atoms with Crippen LogP contribution in [-0.2, 0) is 4.79 Å². The smallest absolute Gasteiger partial charge is 0.252 e. The molecular weight excluding hydrogens is 372 g/mol. The lowest BCUT2D eigenvalue weighted by atomic mass is 10.2. The Labute approximate surface area is 160 Å². The lowest BCUT2D eigenvalue weighted by Crippen LogP contribution is -2.27. The predicted molar refractivity (Wildman–Crippen MR) is 109 cm³/mol. The van der Waals surface area contributed by atoms with Gasteiger partial charge in [-0.25, -0.2) is 0 Å². The van der Waals surface area contributed by atoms with Gasteiger partial charge in [0.1, 0.15) is 0 Å². The topological polar surface area (TPSA) is 58.2 Å². The third kappa shape index (κ3) is 5.52. The molecule has 1 saturated heterocycles. The first-order valence-electron chi connectivity index (χ1n) is 8.16. The Morgan fingerprint density at radius 2 is 2.00 bits per heavy atom. The first kappa shape index (κ1) is 18.4. The number of thioether (sulfide) groups is 2. The molecule has 1 aliphatic rings. The van der Waals surface area contributed by atoms with Crippen molar-refractivity contribution in [2.75, 3.05) is 23.4 Å². The van der Waals surface area contributed by atoms with Crippen molar-refractivity contribution in [3.63, 3.8) is 0 Å². The normalized spacial score (nSPS) is 14.9. The van der Waals surface area contributed by atoms with Crippen molar-refractivity contribution in [3.8, 4) is 0 Å². The average molecular weight is 393 g/mol. The molecule has 1 fully saturated rings. The van der Waals surface area contributed by atoms with Crippen molar-refractivity contribution in [2.45, 2.75) is 17.4 Å². The van der Waals surface area contributed by atoms with E-state index in [4.69, 9.17) is 0 Å². The Hall–Kier alpha value is -1.44. The van der Waals surface area contributed by atoms with E-state index in [2.05, 4.69) is 22.8 Å². The van der Waals surface area contributed by atoms with E-state index < -0.39 is 0 Å². The number of carbonyl (C=O) groups excluding carboxylic acids is 2. The summed E-state index contributed by atoms with van der Waals surface area (Å²) in [5.74, 6) is 2.16. The minimum Gasteiger partial charge on any atom is -0.351 e. The third-order valence-electron chi connectivity index (χ3n) is 3.69. The van der Waals surface area contributed by atoms with Gasteiger partial charge in [-0.15, -0.1) is 23.5 Å². The predicted octanol–water partition coefficient (Wildman–Crippen LogP) is 4.38. The fourth-order valence-electron chi connectivity index (χ4n) is 2.45. The van der Waals surface area contributed by atoms with Crippen molar-refractivity contribution in [2.24, 2.45) is 0 Å². The maximum atomic E-state index is 12.1. The quantitative estimate of drug-likeness (QED) is 0.766. The second-order valence-corrected chi connectivity index (χ2v) is 9.12. The Morgan fingerprint density at radius 3 is 2.76 bits per heavy atom. The summed E-state index contributed by atoms with van der Waals surface area (Å²) in [4.78, 5) is 23.9. The second kappa shape index (κ2) is 9.31. The molecule has 1 aliphatic heterocycles. The minimum absolute atomic E-state index is 0.0910. The number of hydrogen-bond donors (Lipinski definition) is 2. The number of hydrogen-bond acceptors (Lipinski definition) is 5. The minimum atomic E-state index is -0.137. The molecule has 2 N–H and O–H groups in total. The molecule has 0 unspecified atom stereocenters. The Bertz CT molecular complexity index is 713. The monoisotopic (exact) mass is 392 g/mol. The van der Waals surface area contributed by atoms with Crippen LogP contribution in [0.3, 0.4) is 0 Å². The van der Waals surface area contributed by atoms with Crippen LogP contribution in [0, 0.1) is 0 Å². The molecule has 0 radical (unpaired) electrons. The SMILES string of the molecule is O=C(CCNC(=O)c1ccsc1)Nc1cccc(C2SCCCS2)c1. The molecule has 0 saturated carbocycles. The Balaban J connectivity index is 1.46. The first-order valence-corrected chi connectivity index (χ1v) is 11.2. The van der Waals surface area contributed by atoms with Crippen LogP contribution in [0.15, 0.2) is 41.1 Å². The van der Waals surface area contributed by atoms with Gasteiger partial charge >= 0.3 is 0 Å². The number of benzene rings is 1. The summed E-state index contributed by atoms with van der Waals surface area (Å²) in [6.07, 6.45) is 1.52. The molecule has 25 heavy (non-hydrogen) atoms. The highest BCUT2D eigenvalue weighted by Gasteiger charge is 2.17. The molecule has 0 aliphatic carbocycles. The van der Waals surface area contributed by atoms with Gasteiger partial charge in [0.2, 0.25) is 5.91 Å². The summed E-state index contributed by atoms with van der Waals surface area (Å²) in [7, 11) is 0. The highest BCUT2D eigenvalue weighted by molar-refractivity contribution is 8.16. The zero-order valence-corrected chi connectivity index (χ0v) is 16.1. The van der Waals surface area contributed by atoms with Gasteiger partial charge in [0.25, 0.3) is 5.91 Å². The summed E-state index contributed by atoms with van der Waals surface area (Å²) in [6, 6.07) is 9.83. The van der Waals surface area contributed by atoms with Gasteiger partial charge in [0.05, 0.1) is 4.58 Å². The van der Waals surface area contributed by atoms with Gasteiger partial charge in [-0.3, -0.25) is 9.59 Å². The second-order valence-electron chi connectivity index (χ2n) is 5.62. The average Bonchev–Trinajstić information content (AvgIpc) is 3.17. The van der Waals surface area contributed by atoms with Crippen LogP contribution >= 0.6 is 34.9 Å². The fraction of sp³-hybridized carbons (Fsp3) is 0.333. The van der Waals surface area contributed by atoms with E-state index in [0.717, 1.165) is 5.69 Å². The zero-order valence-electron chi connectivity index (χ0n) is 13.7. The Morgan fingerprint density at radius 1 is 1.16 bits per heavy atom. The maximum absolute atomic E-state index is 12.1. The van der Waals surface area contributed by atoms with Crippen molar-refractivity contribution in [3.05, 3.63) is 52.2 Å². The largest absolute Gasteiger partial charge is 0.351 e. The molecule has 0 spiro atoms. The van der Waals surface area contributed by atoms with Crippen LogP contribution in [-0.4, -0.2) is 29.9 Å². The molecule has 2 heterocycles. The van der Waals surface area contributed by atoms with Crippen molar-refractivity contribution < 1.29 is 9.59 Å². The van der Waals surface area contributed by atoms with Crippen LogP contribution in [0.2, 0.25) is 0 Å². The zero-order chi connectivity index (χ0) is 17.5. The lowest BCUT2D eigenvalue weighted by Gasteiger charge is -2.21. The molecule has 132 valence electrons. The number of amides is 2. The Kier molecular flexibility index (Phi) is 6.84. The van der Waals surface area contributed by atoms with Gasteiger partial charge in [-0.1, -0.05) is 12.1 Å². The summed E-state index contributed by atoms with van der Waals surface area (Å²) >= 11 is 5.41. The van der Waals surface area contributed by atoms with Crippen molar-refractivity contribution in [1.82, 2.24) is 5.32 Å². The summed E-state index contributed by atoms with van der Waals surface area (Å²) in [5, 5.41) is 9.34. The van der Waals surface area contributed by atoms with E-state index in [1.165, 1.54) is 34.8 Å². The molecular formula is C18H20N2O2S3. The number of carbonyl (C=O) groups is 2. The van der Waals surface area contributed by atoms with E-state index in [1.54, 1.807) is 11.4 Å². The molecule has 1 aromatic heterocycles. The highest BCUT2D eigenvalue weighted by atomic mass is 32.2. The van der Waals surface area contributed by atoms with Crippen LogP contribution in [0.1, 0.15) is 33.3 Å². The highest BCUT2D eigenvalue weighted by Crippen LogP contribution is 2.43. The van der Waals surface area contributed by atoms with Crippen molar-refractivity contribution in [1.29, 1.82) is 0 Å². The van der Waals surface area contributed by atoms with E-state index in [9.17, 15) is 9.59 Å². The van der Waals surface area contributed by atoms with Crippen LogP contribution in [0.5, 0.6) is 0 Å². The van der Waals surface area contributed by atoms with E-state index in [-0.39, 0.29) is 18.2 Å². The molecule has 7 heteroatoms. The maximum Gasteiger partial charge on any atom is 0.252 e. The molecule has 4 nitrogen and oxygen atoms in total. The van der Waals surface area contributed by atoms with Crippen molar-refractivity contribution >= 4 is 52.4 Å². The summed E-state index contributed by atoms with van der Waals surface area (Å²) in [5.41, 5.74) is 2.71. The van der Waals surface area contributed by atoms with E-state index >= 15 is 0 Å². The van der Waals surface area contributed by atoms with Crippen LogP contribution in [0.25, 0.3) is 0 Å². The molecule has 0 bridgehead atoms. The van der Waals surface area contributed by atoms with Gasteiger partial charge in [-0.05, 0) is 47.1 Å². The van der Waals surface area contributed by atoms with Crippen LogP contribution < -0.4 is 10.6 Å². The standard InChI is InChI=1S/C18H20N2O2S3/c21-16(5-7-19-17(22)14-6-10-23-12-14)20-15-4-1-3-13(11-15)18-24-8-2-9-25-18/h1,3-4,6,10-12,18H,2,5,7-9H2,(H,19,22)(H,20,21). The van der Waals surface area contributed by atoms with Gasteiger partial charge < -0.3 is 10.6 Å². The van der Waals surface area contributed by atoms with Gasteiger partial charge in [-0.2, -0.15) is 11.3 Å². The third-order valence-corrected chi connectivity index (χ3v) is 7.39. The number of anilines is 1. The van der Waals surface area contributed by atoms with E-state index in [1.807, 2.05) is 41.0 Å². The van der Waals surface area contributed by atoms with Gasteiger partial charge in [0, 0.05) is 29.6 Å². The summed E-state index contributed by atoms with van der Waals surface area (Å²) in [6.45, 7) is 0.328. The number of thiophene rings is 1. The first-order chi connectivity index (χ1) is 12.2. The number of nitrogens with one attached hydrogen (secondary N) is 2. The van der Waals surface area contributed by atoms with Crippen LogP contribution in [0.4, 0.5) is 5.69 Å². The van der Waals surface area contributed by atoms with Gasteiger partial charge in [0.15, 0.2) is 0 Å². The molecule has 2 amide bonds.